The summed E-state index contributed by atoms with van der Waals surface area (Å²) in [4.78, 5) is 13.9. The van der Waals surface area contributed by atoms with Crippen LogP contribution in [0, 0.1) is 5.82 Å². The number of piperazine rings is 1. The maximum atomic E-state index is 13.3. The summed E-state index contributed by atoms with van der Waals surface area (Å²) in [7, 11) is 0. The molecule has 1 aromatic carbocycles. The fraction of sp³-hybridized carbons (Fsp3) is 0.417. The average Bonchev–Trinajstić information content (AvgIpc) is 2.32. The van der Waals surface area contributed by atoms with Crippen LogP contribution in [0.3, 0.4) is 0 Å². The highest BCUT2D eigenvalue weighted by Crippen LogP contribution is 2.22. The molecular weight excluding hydrogens is 278 g/mol. The Morgan fingerprint density at radius 3 is 2.94 bits per heavy atom. The smallest absolute Gasteiger partial charge is 0.255 e. The minimum Gasteiger partial charge on any atom is -0.333 e. The van der Waals surface area contributed by atoms with Gasteiger partial charge in [-0.05, 0) is 19.1 Å². The highest BCUT2D eigenvalue weighted by atomic mass is 35.5. The zero-order valence-electron chi connectivity index (χ0n) is 9.95. The summed E-state index contributed by atoms with van der Waals surface area (Å²) < 4.78 is 13.3. The van der Waals surface area contributed by atoms with E-state index < -0.39 is 5.82 Å². The molecule has 1 amide bonds. The lowest BCUT2D eigenvalue weighted by Gasteiger charge is -2.34. The maximum Gasteiger partial charge on any atom is 0.255 e. The third kappa shape index (κ3) is 2.94. The van der Waals surface area contributed by atoms with E-state index in [1.54, 1.807) is 11.0 Å². The van der Waals surface area contributed by atoms with Gasteiger partial charge in [0.25, 0.3) is 5.91 Å². The van der Waals surface area contributed by atoms with Gasteiger partial charge in [0.2, 0.25) is 0 Å². The van der Waals surface area contributed by atoms with Crippen LogP contribution in [0.5, 0.6) is 0 Å². The molecule has 1 aromatic rings. The molecule has 1 aliphatic heterocycles. The van der Waals surface area contributed by atoms with Crippen molar-refractivity contribution >= 4 is 29.9 Å². The molecule has 6 heteroatoms. The second kappa shape index (κ2) is 6.36. The zero-order valence-corrected chi connectivity index (χ0v) is 11.5. The largest absolute Gasteiger partial charge is 0.333 e. The minimum atomic E-state index is -0.555. The molecule has 1 atom stereocenters. The molecule has 0 spiro atoms. The van der Waals surface area contributed by atoms with Crippen molar-refractivity contribution in [1.29, 1.82) is 0 Å². The monoisotopic (exact) mass is 292 g/mol. The molecule has 0 unspecified atom stereocenters. The summed E-state index contributed by atoms with van der Waals surface area (Å²) in [5, 5.41) is 3.10. The molecule has 0 radical (unpaired) electrons. The van der Waals surface area contributed by atoms with Crippen molar-refractivity contribution in [3.05, 3.63) is 34.6 Å². The van der Waals surface area contributed by atoms with Gasteiger partial charge in [-0.15, -0.1) is 12.4 Å². The average molecular weight is 293 g/mol. The first-order valence-electron chi connectivity index (χ1n) is 5.57. The van der Waals surface area contributed by atoms with Gasteiger partial charge in [-0.1, -0.05) is 17.7 Å². The highest BCUT2D eigenvalue weighted by Gasteiger charge is 2.26. The Bertz CT molecular complexity index is 442. The maximum absolute atomic E-state index is 13.3. The van der Waals surface area contributed by atoms with E-state index in [1.807, 2.05) is 6.92 Å². The minimum absolute atomic E-state index is 0. The molecule has 0 bridgehead atoms. The van der Waals surface area contributed by atoms with Gasteiger partial charge in [-0.3, -0.25) is 4.79 Å². The SMILES string of the molecule is C[C@@H]1CNCCN1C(=O)c1cccc(F)c1Cl.Cl. The molecule has 0 aromatic heterocycles. The standard InChI is InChI=1S/C12H14ClFN2O.ClH/c1-8-7-15-5-6-16(8)12(17)9-3-2-4-10(14)11(9)13;/h2-4,8,15H,5-7H2,1H3;1H/t8-;/m1./s1. The number of hydrogen-bond acceptors (Lipinski definition) is 2. The third-order valence-corrected chi connectivity index (χ3v) is 3.33. The van der Waals surface area contributed by atoms with Crippen LogP contribution in [0.4, 0.5) is 4.39 Å². The topological polar surface area (TPSA) is 32.3 Å². The summed E-state index contributed by atoms with van der Waals surface area (Å²) in [5.74, 6) is -0.760. The van der Waals surface area contributed by atoms with Crippen LogP contribution >= 0.6 is 24.0 Å². The quantitative estimate of drug-likeness (QED) is 0.862. The Morgan fingerprint density at radius 2 is 2.28 bits per heavy atom. The molecule has 2 rings (SSSR count). The van der Waals surface area contributed by atoms with Gasteiger partial charge in [0.1, 0.15) is 5.82 Å². The molecule has 3 nitrogen and oxygen atoms in total. The van der Waals surface area contributed by atoms with Crippen molar-refractivity contribution in [2.75, 3.05) is 19.6 Å². The van der Waals surface area contributed by atoms with E-state index >= 15 is 0 Å². The van der Waals surface area contributed by atoms with Gasteiger partial charge >= 0.3 is 0 Å². The van der Waals surface area contributed by atoms with Gasteiger partial charge in [-0.25, -0.2) is 4.39 Å². The van der Waals surface area contributed by atoms with Gasteiger partial charge in [-0.2, -0.15) is 0 Å². The van der Waals surface area contributed by atoms with Gasteiger partial charge in [0, 0.05) is 25.7 Å². The molecule has 1 heterocycles. The first-order chi connectivity index (χ1) is 8.11. The number of amides is 1. The normalized spacial score (nSPS) is 19.3. The lowest BCUT2D eigenvalue weighted by atomic mass is 10.1. The van der Waals surface area contributed by atoms with Crippen LogP contribution in [0.15, 0.2) is 18.2 Å². The van der Waals surface area contributed by atoms with E-state index in [1.165, 1.54) is 12.1 Å². The molecule has 100 valence electrons. The van der Waals surface area contributed by atoms with Gasteiger partial charge in [0.05, 0.1) is 10.6 Å². The molecular formula is C12H15Cl2FN2O. The molecule has 18 heavy (non-hydrogen) atoms. The molecule has 1 aliphatic rings. The summed E-state index contributed by atoms with van der Waals surface area (Å²) in [6.07, 6.45) is 0. The van der Waals surface area contributed by atoms with E-state index in [0.29, 0.717) is 6.54 Å². The Morgan fingerprint density at radius 1 is 1.56 bits per heavy atom. The first-order valence-corrected chi connectivity index (χ1v) is 5.94. The van der Waals surface area contributed by atoms with Crippen LogP contribution in [0.25, 0.3) is 0 Å². The highest BCUT2D eigenvalue weighted by molar-refractivity contribution is 6.34. The number of rotatable bonds is 1. The predicted octanol–water partition coefficient (Wildman–Crippen LogP) is 2.33. The third-order valence-electron chi connectivity index (χ3n) is 2.94. The predicted molar refractivity (Wildman–Crippen MR) is 72.0 cm³/mol. The summed E-state index contributed by atoms with van der Waals surface area (Å²) in [6, 6.07) is 4.40. The molecule has 1 N–H and O–H groups in total. The van der Waals surface area contributed by atoms with E-state index in [2.05, 4.69) is 5.32 Å². The number of halogens is 3. The van der Waals surface area contributed by atoms with Crippen molar-refractivity contribution < 1.29 is 9.18 Å². The van der Waals surface area contributed by atoms with Crippen LogP contribution in [0.2, 0.25) is 5.02 Å². The zero-order chi connectivity index (χ0) is 12.4. The fourth-order valence-electron chi connectivity index (χ4n) is 1.97. The summed E-state index contributed by atoms with van der Waals surface area (Å²) in [5.41, 5.74) is 0.236. The van der Waals surface area contributed by atoms with Crippen LogP contribution in [-0.2, 0) is 0 Å². The molecule has 1 saturated heterocycles. The van der Waals surface area contributed by atoms with Crippen molar-refractivity contribution in [3.63, 3.8) is 0 Å². The van der Waals surface area contributed by atoms with Crippen LogP contribution in [-0.4, -0.2) is 36.5 Å². The van der Waals surface area contributed by atoms with Crippen LogP contribution in [0.1, 0.15) is 17.3 Å². The van der Waals surface area contributed by atoms with E-state index in [0.717, 1.165) is 13.1 Å². The van der Waals surface area contributed by atoms with E-state index in [9.17, 15) is 9.18 Å². The number of hydrogen-bond donors (Lipinski definition) is 1. The first kappa shape index (κ1) is 15.2. The number of nitrogens with zero attached hydrogens (tertiary/aromatic N) is 1. The Hall–Kier alpha value is -0.840. The van der Waals surface area contributed by atoms with Crippen molar-refractivity contribution in [2.24, 2.45) is 0 Å². The number of benzene rings is 1. The van der Waals surface area contributed by atoms with E-state index in [4.69, 9.17) is 11.6 Å². The number of carbonyl (C=O) groups is 1. The number of carbonyl (C=O) groups excluding carboxylic acids is 1. The summed E-state index contributed by atoms with van der Waals surface area (Å²) in [6.45, 7) is 4.08. The van der Waals surface area contributed by atoms with E-state index in [-0.39, 0.29) is 34.9 Å². The summed E-state index contributed by atoms with van der Waals surface area (Å²) >= 11 is 5.82. The number of nitrogens with one attached hydrogen (secondary N) is 1. The van der Waals surface area contributed by atoms with Gasteiger partial charge in [0.15, 0.2) is 0 Å². The Balaban J connectivity index is 0.00000162. The lowest BCUT2D eigenvalue weighted by Crippen LogP contribution is -2.52. The van der Waals surface area contributed by atoms with Gasteiger partial charge < -0.3 is 10.2 Å². The second-order valence-electron chi connectivity index (χ2n) is 4.15. The van der Waals surface area contributed by atoms with Crippen molar-refractivity contribution in [1.82, 2.24) is 10.2 Å². The fourth-order valence-corrected chi connectivity index (χ4v) is 2.17. The molecule has 0 saturated carbocycles. The van der Waals surface area contributed by atoms with Crippen molar-refractivity contribution in [2.45, 2.75) is 13.0 Å². The molecule has 1 fully saturated rings. The Labute approximate surface area is 117 Å². The lowest BCUT2D eigenvalue weighted by molar-refractivity contribution is 0.0655. The second-order valence-corrected chi connectivity index (χ2v) is 4.53. The Kier molecular flexibility index (Phi) is 5.38. The van der Waals surface area contributed by atoms with Crippen LogP contribution < -0.4 is 5.32 Å². The van der Waals surface area contributed by atoms with Crippen molar-refractivity contribution in [3.8, 4) is 0 Å². The molecule has 0 aliphatic carbocycles.